The number of carbonyl (C=O) groups is 1. The number of nitrogens with zero attached hydrogens (tertiary/aromatic N) is 2. The van der Waals surface area contributed by atoms with Gasteiger partial charge in [0.05, 0.1) is 36.5 Å². The maximum atomic E-state index is 12.9. The van der Waals surface area contributed by atoms with E-state index in [0.717, 1.165) is 22.4 Å². The highest BCUT2D eigenvalue weighted by molar-refractivity contribution is 5.97. The molecule has 4 rings (SSSR count). The van der Waals surface area contributed by atoms with E-state index >= 15 is 0 Å². The first-order chi connectivity index (χ1) is 13.0. The summed E-state index contributed by atoms with van der Waals surface area (Å²) < 4.78 is 5.26. The molecule has 0 saturated heterocycles. The number of rotatable bonds is 5. The third kappa shape index (κ3) is 3.50. The van der Waals surface area contributed by atoms with E-state index in [-0.39, 0.29) is 24.0 Å². The summed E-state index contributed by atoms with van der Waals surface area (Å²) in [7, 11) is 1.59. The minimum atomic E-state index is -0.308. The fourth-order valence-corrected chi connectivity index (χ4v) is 3.60. The quantitative estimate of drug-likeness (QED) is 0.644. The van der Waals surface area contributed by atoms with Gasteiger partial charge in [0.25, 0.3) is 5.91 Å². The number of pyridine rings is 1. The lowest BCUT2D eigenvalue weighted by Gasteiger charge is -2.38. The maximum absolute atomic E-state index is 12.9. The van der Waals surface area contributed by atoms with E-state index in [4.69, 9.17) is 4.74 Å². The maximum Gasteiger partial charge on any atom is 0.251 e. The first kappa shape index (κ1) is 17.5. The SMILES string of the molecule is COc1cncc([C@H](NC(=O)c2ccc3nc(C)[nH]c3c2)C2CC(O)C2)c1. The van der Waals surface area contributed by atoms with Gasteiger partial charge in [0.1, 0.15) is 11.6 Å². The molecule has 2 heterocycles. The number of nitrogens with one attached hydrogen (secondary N) is 2. The first-order valence-electron chi connectivity index (χ1n) is 8.97. The Morgan fingerprint density at radius 1 is 1.33 bits per heavy atom. The second-order valence-corrected chi connectivity index (χ2v) is 7.05. The van der Waals surface area contributed by atoms with Crippen molar-refractivity contribution >= 4 is 16.9 Å². The summed E-state index contributed by atoms with van der Waals surface area (Å²) in [6, 6.07) is 7.06. The van der Waals surface area contributed by atoms with Gasteiger partial charge in [-0.15, -0.1) is 0 Å². The molecular weight excluding hydrogens is 344 g/mol. The van der Waals surface area contributed by atoms with E-state index in [2.05, 4.69) is 20.3 Å². The van der Waals surface area contributed by atoms with Crippen molar-refractivity contribution in [3.8, 4) is 5.75 Å². The van der Waals surface area contributed by atoms with E-state index in [1.807, 2.05) is 19.1 Å². The van der Waals surface area contributed by atoms with Crippen LogP contribution in [0.3, 0.4) is 0 Å². The van der Waals surface area contributed by atoms with Gasteiger partial charge in [-0.3, -0.25) is 9.78 Å². The van der Waals surface area contributed by atoms with Crippen molar-refractivity contribution in [1.29, 1.82) is 0 Å². The van der Waals surface area contributed by atoms with Gasteiger partial charge >= 0.3 is 0 Å². The molecule has 1 aromatic carbocycles. The number of hydrogen-bond acceptors (Lipinski definition) is 5. The van der Waals surface area contributed by atoms with Crippen LogP contribution in [0.25, 0.3) is 11.0 Å². The molecule has 1 fully saturated rings. The Labute approximate surface area is 156 Å². The van der Waals surface area contributed by atoms with Crippen molar-refractivity contribution in [3.05, 3.63) is 53.6 Å². The van der Waals surface area contributed by atoms with Crippen LogP contribution in [0.5, 0.6) is 5.75 Å². The number of aliphatic hydroxyl groups excluding tert-OH is 1. The van der Waals surface area contributed by atoms with Crippen LogP contribution in [-0.2, 0) is 0 Å². The third-order valence-electron chi connectivity index (χ3n) is 5.10. The first-order valence-corrected chi connectivity index (χ1v) is 8.97. The normalized spacial score (nSPS) is 20.1. The van der Waals surface area contributed by atoms with Gasteiger partial charge in [0, 0.05) is 11.8 Å². The van der Waals surface area contributed by atoms with Crippen LogP contribution < -0.4 is 10.1 Å². The van der Waals surface area contributed by atoms with E-state index in [1.54, 1.807) is 31.6 Å². The number of fused-ring (bicyclic) bond motifs is 1. The molecule has 1 aliphatic rings. The fraction of sp³-hybridized carbons (Fsp3) is 0.350. The summed E-state index contributed by atoms with van der Waals surface area (Å²) in [5.41, 5.74) is 3.10. The number of aromatic amines is 1. The Hall–Kier alpha value is -2.93. The molecule has 2 aromatic heterocycles. The second-order valence-electron chi connectivity index (χ2n) is 7.05. The molecule has 27 heavy (non-hydrogen) atoms. The molecule has 0 unspecified atom stereocenters. The summed E-state index contributed by atoms with van der Waals surface area (Å²) in [4.78, 5) is 24.6. The van der Waals surface area contributed by atoms with E-state index < -0.39 is 0 Å². The molecule has 7 heteroatoms. The van der Waals surface area contributed by atoms with Crippen molar-refractivity contribution in [2.75, 3.05) is 7.11 Å². The predicted octanol–water partition coefficient (Wildman–Crippen LogP) is 2.52. The molecule has 0 spiro atoms. The lowest BCUT2D eigenvalue weighted by molar-refractivity contribution is 0.0234. The van der Waals surface area contributed by atoms with E-state index in [9.17, 15) is 9.90 Å². The van der Waals surface area contributed by atoms with Gasteiger partial charge in [0.15, 0.2) is 0 Å². The number of aryl methyl sites for hydroxylation is 1. The predicted molar refractivity (Wildman–Crippen MR) is 101 cm³/mol. The van der Waals surface area contributed by atoms with Crippen molar-refractivity contribution in [3.63, 3.8) is 0 Å². The molecule has 7 nitrogen and oxygen atoms in total. The summed E-state index contributed by atoms with van der Waals surface area (Å²) in [5, 5.41) is 12.8. The monoisotopic (exact) mass is 366 g/mol. The zero-order valence-corrected chi connectivity index (χ0v) is 15.3. The van der Waals surface area contributed by atoms with Crippen molar-refractivity contribution in [2.24, 2.45) is 5.92 Å². The van der Waals surface area contributed by atoms with E-state index in [1.165, 1.54) is 0 Å². The molecule has 1 aliphatic carbocycles. The largest absolute Gasteiger partial charge is 0.495 e. The van der Waals surface area contributed by atoms with Gasteiger partial charge < -0.3 is 20.1 Å². The van der Waals surface area contributed by atoms with Crippen LogP contribution in [0.2, 0.25) is 0 Å². The standard InChI is InChI=1S/C20H22N4O3/c1-11-22-17-4-3-12(8-18(17)23-11)20(26)24-19(13-5-15(25)6-13)14-7-16(27-2)10-21-9-14/h3-4,7-10,13,15,19,25H,5-6H2,1-2H3,(H,22,23)(H,24,26)/t13?,15?,19-/m1/s1. The molecule has 3 aromatic rings. The zero-order valence-electron chi connectivity index (χ0n) is 15.3. The average molecular weight is 366 g/mol. The number of hydrogen-bond donors (Lipinski definition) is 3. The van der Waals surface area contributed by atoms with Crippen molar-refractivity contribution in [2.45, 2.75) is 31.9 Å². The van der Waals surface area contributed by atoms with Crippen LogP contribution in [0.1, 0.15) is 40.6 Å². The van der Waals surface area contributed by atoms with Gasteiger partial charge in [-0.25, -0.2) is 4.98 Å². The van der Waals surface area contributed by atoms with Crippen molar-refractivity contribution in [1.82, 2.24) is 20.3 Å². The number of carbonyl (C=O) groups excluding carboxylic acids is 1. The van der Waals surface area contributed by atoms with Crippen LogP contribution in [0.4, 0.5) is 0 Å². The third-order valence-corrected chi connectivity index (χ3v) is 5.10. The fourth-order valence-electron chi connectivity index (χ4n) is 3.60. The summed E-state index contributed by atoms with van der Waals surface area (Å²) in [5.74, 6) is 1.45. The van der Waals surface area contributed by atoms with Crippen LogP contribution >= 0.6 is 0 Å². The number of aromatic nitrogens is 3. The highest BCUT2D eigenvalue weighted by atomic mass is 16.5. The number of imidazole rings is 1. The van der Waals surface area contributed by atoms with Gasteiger partial charge in [0.2, 0.25) is 0 Å². The minimum absolute atomic E-state index is 0.163. The number of benzene rings is 1. The summed E-state index contributed by atoms with van der Waals surface area (Å²) in [6.45, 7) is 1.88. The number of H-pyrrole nitrogens is 1. The lowest BCUT2D eigenvalue weighted by atomic mass is 9.75. The van der Waals surface area contributed by atoms with E-state index in [0.29, 0.717) is 24.2 Å². The molecule has 1 amide bonds. The number of amides is 1. The molecule has 3 N–H and O–H groups in total. The number of ether oxygens (including phenoxy) is 1. The van der Waals surface area contributed by atoms with Gasteiger partial charge in [-0.05, 0) is 55.5 Å². The summed E-state index contributed by atoms with van der Waals surface area (Å²) in [6.07, 6.45) is 4.37. The van der Waals surface area contributed by atoms with Crippen LogP contribution in [0.15, 0.2) is 36.7 Å². The Morgan fingerprint density at radius 2 is 2.15 bits per heavy atom. The molecule has 1 atom stereocenters. The smallest absolute Gasteiger partial charge is 0.251 e. The number of methoxy groups -OCH3 is 1. The Morgan fingerprint density at radius 3 is 2.89 bits per heavy atom. The molecule has 0 bridgehead atoms. The van der Waals surface area contributed by atoms with Crippen molar-refractivity contribution < 1.29 is 14.6 Å². The number of aliphatic hydroxyl groups is 1. The zero-order chi connectivity index (χ0) is 19.0. The lowest BCUT2D eigenvalue weighted by Crippen LogP contribution is -2.41. The Bertz CT molecular complexity index is 978. The summed E-state index contributed by atoms with van der Waals surface area (Å²) >= 11 is 0. The van der Waals surface area contributed by atoms with Gasteiger partial charge in [-0.2, -0.15) is 0 Å². The molecule has 0 radical (unpaired) electrons. The highest BCUT2D eigenvalue weighted by Gasteiger charge is 2.36. The van der Waals surface area contributed by atoms with Crippen LogP contribution in [-0.4, -0.2) is 39.2 Å². The molecular formula is C20H22N4O3. The topological polar surface area (TPSA) is 100 Å². The highest BCUT2D eigenvalue weighted by Crippen LogP contribution is 2.38. The molecule has 140 valence electrons. The second kappa shape index (κ2) is 7.00. The molecule has 1 saturated carbocycles. The average Bonchev–Trinajstić information content (AvgIpc) is 3.02. The minimum Gasteiger partial charge on any atom is -0.495 e. The van der Waals surface area contributed by atoms with Crippen LogP contribution in [0, 0.1) is 12.8 Å². The van der Waals surface area contributed by atoms with Gasteiger partial charge in [-0.1, -0.05) is 0 Å². The Kier molecular flexibility index (Phi) is 4.53. The molecule has 0 aliphatic heterocycles. The Balaban J connectivity index is 1.60.